The van der Waals surface area contributed by atoms with E-state index in [1.54, 1.807) is 12.1 Å². The summed E-state index contributed by atoms with van der Waals surface area (Å²) in [7, 11) is 0. The molecule has 2 aliphatic heterocycles. The lowest BCUT2D eigenvalue weighted by Crippen LogP contribution is -2.72. The molecule has 7 heteroatoms. The average Bonchev–Trinajstić information content (AvgIpc) is 2.78. The van der Waals surface area contributed by atoms with E-state index < -0.39 is 35.8 Å². The summed E-state index contributed by atoms with van der Waals surface area (Å²) < 4.78 is 5.07. The van der Waals surface area contributed by atoms with E-state index in [1.807, 2.05) is 6.92 Å². The first kappa shape index (κ1) is 15.2. The van der Waals surface area contributed by atoms with Crippen molar-refractivity contribution < 1.29 is 23.9 Å². The number of β-lactam (4-membered cyclic amide) rings is 1. The van der Waals surface area contributed by atoms with Crippen molar-refractivity contribution in [3.05, 3.63) is 35.4 Å². The summed E-state index contributed by atoms with van der Waals surface area (Å²) in [6.45, 7) is 2.21. The van der Waals surface area contributed by atoms with E-state index in [1.165, 1.54) is 12.1 Å². The molecule has 7 nitrogen and oxygen atoms in total. The second-order valence-corrected chi connectivity index (χ2v) is 5.48. The maximum atomic E-state index is 12.4. The van der Waals surface area contributed by atoms with Gasteiger partial charge in [0.25, 0.3) is 11.8 Å². The fourth-order valence-electron chi connectivity index (χ4n) is 2.69. The summed E-state index contributed by atoms with van der Waals surface area (Å²) in [6.07, 6.45) is 1.58. The topological polar surface area (TPSA) is 92.8 Å². The largest absolute Gasteiger partial charge is 0.464 e. The van der Waals surface area contributed by atoms with E-state index in [2.05, 4.69) is 5.32 Å². The highest BCUT2D eigenvalue weighted by atomic mass is 16.5. The molecule has 0 aliphatic carbocycles. The molecule has 1 aromatic rings. The van der Waals surface area contributed by atoms with Crippen molar-refractivity contribution in [3.63, 3.8) is 0 Å². The number of fused-ring (bicyclic) bond motifs is 1. The number of rotatable bonds is 5. The highest BCUT2D eigenvalue weighted by molar-refractivity contribution is 6.24. The monoisotopic (exact) mass is 316 g/mol. The quantitative estimate of drug-likeness (QED) is 0.369. The zero-order valence-corrected chi connectivity index (χ0v) is 12.6. The fraction of sp³-hybridized carbons (Fsp3) is 0.375. The van der Waals surface area contributed by atoms with Gasteiger partial charge in [0.2, 0.25) is 5.91 Å². The Morgan fingerprint density at radius 1 is 1.17 bits per heavy atom. The number of benzene rings is 1. The number of nitrogens with one attached hydrogen (secondary N) is 1. The molecule has 1 aromatic carbocycles. The molecule has 0 radical (unpaired) electrons. The van der Waals surface area contributed by atoms with Crippen LogP contribution in [0.5, 0.6) is 0 Å². The number of hydrogen-bond donors (Lipinski definition) is 1. The van der Waals surface area contributed by atoms with Gasteiger partial charge in [0.05, 0.1) is 17.7 Å². The first-order valence-corrected chi connectivity index (χ1v) is 7.50. The van der Waals surface area contributed by atoms with Gasteiger partial charge >= 0.3 is 5.97 Å². The van der Waals surface area contributed by atoms with Gasteiger partial charge in [0.15, 0.2) is 6.04 Å². The molecule has 3 rings (SSSR count). The van der Waals surface area contributed by atoms with Crippen molar-refractivity contribution in [2.45, 2.75) is 31.8 Å². The van der Waals surface area contributed by atoms with E-state index in [-0.39, 0.29) is 17.7 Å². The van der Waals surface area contributed by atoms with E-state index in [0.29, 0.717) is 6.42 Å². The lowest BCUT2D eigenvalue weighted by molar-refractivity contribution is -0.157. The highest BCUT2D eigenvalue weighted by Crippen LogP contribution is 2.28. The Bertz CT molecular complexity index is 664. The SMILES string of the molecule is CCCCOC(=O)[C@H]1NC(=O)[C@H]1N1C(=O)c2ccccc2C1=O. The molecule has 0 bridgehead atoms. The first-order valence-electron chi connectivity index (χ1n) is 7.50. The summed E-state index contributed by atoms with van der Waals surface area (Å²) in [5.74, 6) is -2.27. The van der Waals surface area contributed by atoms with Crippen molar-refractivity contribution in [1.82, 2.24) is 10.2 Å². The Labute approximate surface area is 132 Å². The van der Waals surface area contributed by atoms with Crippen molar-refractivity contribution in [1.29, 1.82) is 0 Å². The summed E-state index contributed by atoms with van der Waals surface area (Å²) >= 11 is 0. The van der Waals surface area contributed by atoms with Crippen molar-refractivity contribution in [2.75, 3.05) is 6.61 Å². The Morgan fingerprint density at radius 2 is 1.78 bits per heavy atom. The minimum absolute atomic E-state index is 0.246. The van der Waals surface area contributed by atoms with Crippen LogP contribution in [0.3, 0.4) is 0 Å². The van der Waals surface area contributed by atoms with E-state index in [0.717, 1.165) is 11.3 Å². The molecule has 2 atom stereocenters. The Balaban J connectivity index is 1.78. The second kappa shape index (κ2) is 5.83. The van der Waals surface area contributed by atoms with E-state index in [4.69, 9.17) is 4.74 Å². The van der Waals surface area contributed by atoms with Crippen LogP contribution in [0, 0.1) is 0 Å². The molecular weight excluding hydrogens is 300 g/mol. The Kier molecular flexibility index (Phi) is 3.85. The maximum absolute atomic E-state index is 12.4. The minimum Gasteiger partial charge on any atom is -0.464 e. The number of carbonyl (C=O) groups is 4. The lowest BCUT2D eigenvalue weighted by atomic mass is 9.97. The standard InChI is InChI=1S/C16H16N2O5/c1-2-3-8-23-16(22)11-12(13(19)17-11)18-14(20)9-6-4-5-7-10(9)15(18)21/h4-7,11-12H,2-3,8H2,1H3,(H,17,19)/t11-,12-/m0/s1. The third-order valence-electron chi connectivity index (χ3n) is 3.98. The molecular formula is C16H16N2O5. The molecule has 1 N–H and O–H groups in total. The summed E-state index contributed by atoms with van der Waals surface area (Å²) in [5, 5.41) is 2.40. The smallest absolute Gasteiger partial charge is 0.331 e. The number of carbonyl (C=O) groups excluding carboxylic acids is 4. The Hall–Kier alpha value is -2.70. The number of unbranched alkanes of at least 4 members (excludes halogenated alkanes) is 1. The second-order valence-electron chi connectivity index (χ2n) is 5.48. The molecule has 23 heavy (non-hydrogen) atoms. The van der Waals surface area contributed by atoms with Crippen LogP contribution < -0.4 is 5.32 Å². The van der Waals surface area contributed by atoms with Gasteiger partial charge in [-0.15, -0.1) is 0 Å². The van der Waals surface area contributed by atoms with Crippen LogP contribution in [0.2, 0.25) is 0 Å². The Morgan fingerprint density at radius 3 is 2.30 bits per heavy atom. The van der Waals surface area contributed by atoms with E-state index >= 15 is 0 Å². The number of ether oxygens (including phenoxy) is 1. The number of esters is 1. The number of hydrogen-bond acceptors (Lipinski definition) is 5. The van der Waals surface area contributed by atoms with Gasteiger partial charge in [-0.3, -0.25) is 19.3 Å². The summed E-state index contributed by atoms with van der Waals surface area (Å²) in [5.41, 5.74) is 0.491. The molecule has 1 saturated heterocycles. The molecule has 0 saturated carbocycles. The van der Waals surface area contributed by atoms with Gasteiger partial charge in [0.1, 0.15) is 6.04 Å². The van der Waals surface area contributed by atoms with Gasteiger partial charge in [-0.25, -0.2) is 4.79 Å². The number of amides is 3. The minimum atomic E-state index is -1.14. The molecule has 0 unspecified atom stereocenters. The van der Waals surface area contributed by atoms with Crippen LogP contribution >= 0.6 is 0 Å². The van der Waals surface area contributed by atoms with Crippen LogP contribution in [-0.2, 0) is 14.3 Å². The molecule has 2 aliphatic rings. The third kappa shape index (κ3) is 2.38. The van der Waals surface area contributed by atoms with Crippen LogP contribution in [0.1, 0.15) is 40.5 Å². The van der Waals surface area contributed by atoms with Crippen molar-refractivity contribution in [2.24, 2.45) is 0 Å². The normalized spacial score (nSPS) is 22.5. The predicted octanol–water partition coefficient (Wildman–Crippen LogP) is 0.493. The van der Waals surface area contributed by atoms with Crippen LogP contribution in [0.15, 0.2) is 24.3 Å². The highest BCUT2D eigenvalue weighted by Gasteiger charge is 2.55. The number of imide groups is 1. The fourth-order valence-corrected chi connectivity index (χ4v) is 2.69. The molecule has 2 heterocycles. The van der Waals surface area contributed by atoms with Crippen molar-refractivity contribution in [3.8, 4) is 0 Å². The lowest BCUT2D eigenvalue weighted by Gasteiger charge is -2.39. The van der Waals surface area contributed by atoms with E-state index in [9.17, 15) is 19.2 Å². The van der Waals surface area contributed by atoms with Crippen LogP contribution in [0.4, 0.5) is 0 Å². The van der Waals surface area contributed by atoms with Gasteiger partial charge in [-0.05, 0) is 18.6 Å². The summed E-state index contributed by atoms with van der Waals surface area (Å²) in [4.78, 5) is 49.5. The van der Waals surface area contributed by atoms with Crippen LogP contribution in [-0.4, -0.2) is 47.3 Å². The molecule has 1 fully saturated rings. The maximum Gasteiger partial charge on any atom is 0.331 e. The first-order chi connectivity index (χ1) is 11.1. The molecule has 120 valence electrons. The summed E-state index contributed by atoms with van der Waals surface area (Å²) in [6, 6.07) is 4.20. The zero-order chi connectivity index (χ0) is 16.6. The van der Waals surface area contributed by atoms with Crippen LogP contribution in [0.25, 0.3) is 0 Å². The molecule has 0 spiro atoms. The third-order valence-corrected chi connectivity index (χ3v) is 3.98. The van der Waals surface area contributed by atoms with Gasteiger partial charge in [0, 0.05) is 0 Å². The van der Waals surface area contributed by atoms with Gasteiger partial charge in [-0.2, -0.15) is 0 Å². The van der Waals surface area contributed by atoms with Gasteiger partial charge < -0.3 is 10.1 Å². The molecule has 3 amide bonds. The average molecular weight is 316 g/mol. The van der Waals surface area contributed by atoms with Crippen molar-refractivity contribution >= 4 is 23.7 Å². The number of nitrogens with zero attached hydrogens (tertiary/aromatic N) is 1. The molecule has 0 aromatic heterocycles. The predicted molar refractivity (Wildman–Crippen MR) is 78.5 cm³/mol. The van der Waals surface area contributed by atoms with Gasteiger partial charge in [-0.1, -0.05) is 25.5 Å². The zero-order valence-electron chi connectivity index (χ0n) is 12.6.